The summed E-state index contributed by atoms with van der Waals surface area (Å²) in [6.45, 7) is 3.50. The molecule has 68 valence electrons. The Bertz CT molecular complexity index is 290. The summed E-state index contributed by atoms with van der Waals surface area (Å²) < 4.78 is 0. The number of carboxylic acids is 1. The summed E-state index contributed by atoms with van der Waals surface area (Å²) in [6.07, 6.45) is 1.98. The highest BCUT2D eigenvalue weighted by molar-refractivity contribution is 5.72. The Morgan fingerprint density at radius 3 is 2.54 bits per heavy atom. The molecule has 0 heterocycles. The summed E-state index contributed by atoms with van der Waals surface area (Å²) in [6, 6.07) is 9.54. The van der Waals surface area contributed by atoms with Gasteiger partial charge in [-0.2, -0.15) is 0 Å². The largest absolute Gasteiger partial charge is 0.481 e. The van der Waals surface area contributed by atoms with E-state index in [2.05, 4.69) is 6.58 Å². The van der Waals surface area contributed by atoms with Gasteiger partial charge in [-0.15, -0.1) is 6.58 Å². The molecular formula is C11H12O2. The van der Waals surface area contributed by atoms with Crippen LogP contribution in [0.15, 0.2) is 43.0 Å². The van der Waals surface area contributed by atoms with Crippen LogP contribution in [0.2, 0.25) is 0 Å². The predicted octanol–water partition coefficient (Wildman–Crippen LogP) is 2.12. The van der Waals surface area contributed by atoms with E-state index in [1.807, 2.05) is 30.3 Å². The predicted molar refractivity (Wildman–Crippen MR) is 51.5 cm³/mol. The third kappa shape index (κ3) is 2.75. The van der Waals surface area contributed by atoms with Gasteiger partial charge in [-0.05, 0) is 12.0 Å². The molecule has 1 rings (SSSR count). The van der Waals surface area contributed by atoms with Gasteiger partial charge in [-0.3, -0.25) is 4.79 Å². The first-order valence-electron chi connectivity index (χ1n) is 4.13. The molecule has 13 heavy (non-hydrogen) atoms. The molecule has 0 fully saturated rings. The zero-order valence-corrected chi connectivity index (χ0v) is 7.31. The third-order valence-corrected chi connectivity index (χ3v) is 1.90. The highest BCUT2D eigenvalue weighted by Gasteiger charge is 2.12. The molecule has 1 aromatic rings. The molecule has 0 bridgehead atoms. The summed E-state index contributed by atoms with van der Waals surface area (Å²) in [5.74, 6) is -1.30. The van der Waals surface area contributed by atoms with Crippen LogP contribution in [0.3, 0.4) is 0 Å². The van der Waals surface area contributed by atoms with Gasteiger partial charge in [0.25, 0.3) is 0 Å². The van der Waals surface area contributed by atoms with Crippen molar-refractivity contribution in [1.82, 2.24) is 0 Å². The molecule has 0 aliphatic heterocycles. The summed E-state index contributed by atoms with van der Waals surface area (Å²) in [5, 5.41) is 8.76. The van der Waals surface area contributed by atoms with Crippen molar-refractivity contribution in [1.29, 1.82) is 0 Å². The Morgan fingerprint density at radius 1 is 1.46 bits per heavy atom. The first-order valence-corrected chi connectivity index (χ1v) is 4.13. The Labute approximate surface area is 77.5 Å². The molecular weight excluding hydrogens is 164 g/mol. The quantitative estimate of drug-likeness (QED) is 0.713. The van der Waals surface area contributed by atoms with Crippen LogP contribution in [0.5, 0.6) is 0 Å². The molecule has 0 aliphatic rings. The number of carboxylic acid groups (broad SMARTS) is 1. The number of benzene rings is 1. The van der Waals surface area contributed by atoms with Gasteiger partial charge in [0.1, 0.15) is 0 Å². The summed E-state index contributed by atoms with van der Waals surface area (Å²) in [4.78, 5) is 10.7. The lowest BCUT2D eigenvalue weighted by atomic mass is 10.00. The van der Waals surface area contributed by atoms with Crippen LogP contribution in [0.4, 0.5) is 0 Å². The van der Waals surface area contributed by atoms with E-state index in [9.17, 15) is 4.79 Å². The number of hydrogen-bond acceptors (Lipinski definition) is 1. The summed E-state index contributed by atoms with van der Waals surface area (Å²) in [5.41, 5.74) is 1.02. The van der Waals surface area contributed by atoms with Gasteiger partial charge in [0, 0.05) is 0 Å². The van der Waals surface area contributed by atoms with E-state index in [1.165, 1.54) is 6.08 Å². The molecule has 0 spiro atoms. The van der Waals surface area contributed by atoms with Gasteiger partial charge in [0.05, 0.1) is 5.92 Å². The van der Waals surface area contributed by atoms with E-state index in [1.54, 1.807) is 0 Å². The molecule has 0 unspecified atom stereocenters. The van der Waals surface area contributed by atoms with Crippen molar-refractivity contribution in [2.24, 2.45) is 5.92 Å². The van der Waals surface area contributed by atoms with Crippen LogP contribution >= 0.6 is 0 Å². The van der Waals surface area contributed by atoms with Gasteiger partial charge in [0.15, 0.2) is 0 Å². The minimum Gasteiger partial charge on any atom is -0.481 e. The van der Waals surface area contributed by atoms with Crippen molar-refractivity contribution in [3.8, 4) is 0 Å². The lowest BCUT2D eigenvalue weighted by Crippen LogP contribution is -2.13. The minimum absolute atomic E-state index is 0.484. The van der Waals surface area contributed by atoms with E-state index >= 15 is 0 Å². The second-order valence-corrected chi connectivity index (χ2v) is 2.87. The maximum Gasteiger partial charge on any atom is 0.310 e. The minimum atomic E-state index is -0.821. The first kappa shape index (κ1) is 9.52. The van der Waals surface area contributed by atoms with Crippen LogP contribution in [-0.4, -0.2) is 11.1 Å². The van der Waals surface area contributed by atoms with Crippen LogP contribution in [0, 0.1) is 5.92 Å². The van der Waals surface area contributed by atoms with E-state index < -0.39 is 11.9 Å². The molecule has 1 atom stereocenters. The van der Waals surface area contributed by atoms with Crippen molar-refractivity contribution in [3.63, 3.8) is 0 Å². The molecule has 2 heteroatoms. The fourth-order valence-corrected chi connectivity index (χ4v) is 1.14. The molecule has 1 N–H and O–H groups in total. The average Bonchev–Trinajstić information content (AvgIpc) is 2.15. The molecule has 0 saturated heterocycles. The van der Waals surface area contributed by atoms with E-state index in [0.717, 1.165) is 5.56 Å². The fraction of sp³-hybridized carbons (Fsp3) is 0.182. The van der Waals surface area contributed by atoms with Crippen molar-refractivity contribution in [3.05, 3.63) is 48.6 Å². The topological polar surface area (TPSA) is 37.3 Å². The fourth-order valence-electron chi connectivity index (χ4n) is 1.14. The van der Waals surface area contributed by atoms with Crippen molar-refractivity contribution in [2.75, 3.05) is 0 Å². The van der Waals surface area contributed by atoms with E-state index in [0.29, 0.717) is 6.42 Å². The van der Waals surface area contributed by atoms with Gasteiger partial charge < -0.3 is 5.11 Å². The number of rotatable bonds is 4. The van der Waals surface area contributed by atoms with E-state index in [4.69, 9.17) is 5.11 Å². The normalized spacial score (nSPS) is 12.0. The van der Waals surface area contributed by atoms with E-state index in [-0.39, 0.29) is 0 Å². The van der Waals surface area contributed by atoms with Crippen LogP contribution in [-0.2, 0) is 11.2 Å². The Morgan fingerprint density at radius 2 is 2.08 bits per heavy atom. The lowest BCUT2D eigenvalue weighted by molar-refractivity contribution is -0.140. The molecule has 2 nitrogen and oxygen atoms in total. The number of hydrogen-bond donors (Lipinski definition) is 1. The SMILES string of the molecule is C=C[C@@H](Cc1ccccc1)C(=O)O. The Hall–Kier alpha value is -1.57. The highest BCUT2D eigenvalue weighted by Crippen LogP contribution is 2.09. The van der Waals surface area contributed by atoms with Gasteiger partial charge in [-0.25, -0.2) is 0 Å². The second kappa shape index (κ2) is 4.45. The van der Waals surface area contributed by atoms with Crippen molar-refractivity contribution < 1.29 is 9.90 Å². The maximum absolute atomic E-state index is 10.7. The lowest BCUT2D eigenvalue weighted by Gasteiger charge is -2.06. The molecule has 1 aromatic carbocycles. The van der Waals surface area contributed by atoms with Crippen LogP contribution < -0.4 is 0 Å². The van der Waals surface area contributed by atoms with Gasteiger partial charge >= 0.3 is 5.97 Å². The second-order valence-electron chi connectivity index (χ2n) is 2.87. The maximum atomic E-state index is 10.7. The average molecular weight is 176 g/mol. The zero-order chi connectivity index (χ0) is 9.68. The van der Waals surface area contributed by atoms with Crippen molar-refractivity contribution in [2.45, 2.75) is 6.42 Å². The first-order chi connectivity index (χ1) is 6.24. The Kier molecular flexibility index (Phi) is 3.26. The molecule has 0 aromatic heterocycles. The van der Waals surface area contributed by atoms with Crippen LogP contribution in [0.25, 0.3) is 0 Å². The molecule has 0 amide bonds. The van der Waals surface area contributed by atoms with Gasteiger partial charge in [-0.1, -0.05) is 36.4 Å². The smallest absolute Gasteiger partial charge is 0.310 e. The van der Waals surface area contributed by atoms with Crippen LogP contribution in [0.1, 0.15) is 5.56 Å². The number of carbonyl (C=O) groups is 1. The Balaban J connectivity index is 2.67. The zero-order valence-electron chi connectivity index (χ0n) is 7.31. The third-order valence-electron chi connectivity index (χ3n) is 1.90. The monoisotopic (exact) mass is 176 g/mol. The van der Waals surface area contributed by atoms with Crippen molar-refractivity contribution >= 4 is 5.97 Å². The number of aliphatic carboxylic acids is 1. The summed E-state index contributed by atoms with van der Waals surface area (Å²) >= 11 is 0. The molecule has 0 radical (unpaired) electrons. The van der Waals surface area contributed by atoms with Gasteiger partial charge in [0.2, 0.25) is 0 Å². The molecule has 0 aliphatic carbocycles. The standard InChI is InChI=1S/C11H12O2/c1-2-10(11(12)13)8-9-6-4-3-5-7-9/h2-7,10H,1,8H2,(H,12,13)/t10-/m0/s1. The molecule has 0 saturated carbocycles. The summed E-state index contributed by atoms with van der Waals surface area (Å²) in [7, 11) is 0. The highest BCUT2D eigenvalue weighted by atomic mass is 16.4.